The largest absolute Gasteiger partial charge is 0.452 e. The highest BCUT2D eigenvalue weighted by molar-refractivity contribution is 5.84. The van der Waals surface area contributed by atoms with Gasteiger partial charge in [-0.1, -0.05) is 18.2 Å². The molecule has 1 rings (SSSR count). The van der Waals surface area contributed by atoms with Crippen molar-refractivity contribution >= 4 is 11.9 Å². The monoisotopic (exact) mass is 359 g/mol. The highest BCUT2D eigenvalue weighted by Gasteiger charge is 2.31. The summed E-state index contributed by atoms with van der Waals surface area (Å²) >= 11 is 0. The molecule has 0 aromatic heterocycles. The molecule has 1 amide bonds. The molecule has 0 aliphatic carbocycles. The second kappa shape index (κ2) is 8.36. The smallest absolute Gasteiger partial charge is 0.416 e. The third kappa shape index (κ3) is 6.07. The molecule has 0 radical (unpaired) electrons. The van der Waals surface area contributed by atoms with Gasteiger partial charge >= 0.3 is 12.1 Å². The molecule has 7 heteroatoms. The summed E-state index contributed by atoms with van der Waals surface area (Å²) in [6, 6.07) is 4.37. The van der Waals surface area contributed by atoms with Gasteiger partial charge < -0.3 is 9.64 Å². The Morgan fingerprint density at radius 1 is 1.08 bits per heavy atom. The van der Waals surface area contributed by atoms with Crippen LogP contribution in [-0.2, 0) is 26.9 Å². The minimum absolute atomic E-state index is 0.0582. The lowest BCUT2D eigenvalue weighted by molar-refractivity contribution is -0.160. The maximum Gasteiger partial charge on any atom is 0.416 e. The standard InChI is InChI=1S/C18H24F3NO3/c1-11(2)22(12(3)4)17(24)13(5)25-16(23)10-14-7-6-8-15(9-14)18(19,20)21/h6-9,11-13H,10H2,1-5H3. The highest BCUT2D eigenvalue weighted by atomic mass is 19.4. The van der Waals surface area contributed by atoms with E-state index in [0.717, 1.165) is 12.1 Å². The van der Waals surface area contributed by atoms with Gasteiger partial charge in [-0.3, -0.25) is 9.59 Å². The number of amides is 1. The van der Waals surface area contributed by atoms with Crippen molar-refractivity contribution in [2.24, 2.45) is 0 Å². The molecular formula is C18H24F3NO3. The van der Waals surface area contributed by atoms with Crippen molar-refractivity contribution in [3.05, 3.63) is 35.4 Å². The number of nitrogens with zero attached hydrogens (tertiary/aromatic N) is 1. The number of rotatable bonds is 6. The van der Waals surface area contributed by atoms with Crippen LogP contribution in [0.15, 0.2) is 24.3 Å². The number of hydrogen-bond donors (Lipinski definition) is 0. The first kappa shape index (κ1) is 21.0. The topological polar surface area (TPSA) is 46.6 Å². The fraction of sp³-hybridized carbons (Fsp3) is 0.556. The average molecular weight is 359 g/mol. The zero-order valence-corrected chi connectivity index (χ0v) is 15.1. The fourth-order valence-electron chi connectivity index (χ4n) is 2.63. The quantitative estimate of drug-likeness (QED) is 0.726. The first-order valence-electron chi connectivity index (χ1n) is 8.11. The Morgan fingerprint density at radius 3 is 2.12 bits per heavy atom. The lowest BCUT2D eigenvalue weighted by Gasteiger charge is -2.32. The number of carbonyl (C=O) groups excluding carboxylic acids is 2. The summed E-state index contributed by atoms with van der Waals surface area (Å²) in [5.74, 6) is -1.07. The molecule has 140 valence electrons. The van der Waals surface area contributed by atoms with Crippen LogP contribution >= 0.6 is 0 Å². The van der Waals surface area contributed by atoms with Crippen LogP contribution in [0.3, 0.4) is 0 Å². The van der Waals surface area contributed by atoms with E-state index in [0.29, 0.717) is 0 Å². The summed E-state index contributed by atoms with van der Waals surface area (Å²) < 4.78 is 43.2. The summed E-state index contributed by atoms with van der Waals surface area (Å²) in [6.07, 6.45) is -5.80. The van der Waals surface area contributed by atoms with Crippen molar-refractivity contribution < 1.29 is 27.5 Å². The second-order valence-corrected chi connectivity index (χ2v) is 6.44. The number of carbonyl (C=O) groups is 2. The molecular weight excluding hydrogens is 335 g/mol. The molecule has 0 aliphatic heterocycles. The molecule has 0 N–H and O–H groups in total. The van der Waals surface area contributed by atoms with Gasteiger partial charge in [0.05, 0.1) is 12.0 Å². The Morgan fingerprint density at radius 2 is 1.64 bits per heavy atom. The van der Waals surface area contributed by atoms with Crippen molar-refractivity contribution in [1.29, 1.82) is 0 Å². The predicted molar refractivity (Wildman–Crippen MR) is 87.8 cm³/mol. The van der Waals surface area contributed by atoms with Crippen molar-refractivity contribution in [1.82, 2.24) is 4.90 Å². The number of ether oxygens (including phenoxy) is 1. The summed E-state index contributed by atoms with van der Waals surface area (Å²) in [7, 11) is 0. The Hall–Kier alpha value is -2.05. The molecule has 25 heavy (non-hydrogen) atoms. The average Bonchev–Trinajstić information content (AvgIpc) is 2.45. The van der Waals surface area contributed by atoms with Crippen LogP contribution in [0, 0.1) is 0 Å². The van der Waals surface area contributed by atoms with Gasteiger partial charge in [0.2, 0.25) is 0 Å². The Balaban J connectivity index is 2.75. The van der Waals surface area contributed by atoms with Crippen LogP contribution in [-0.4, -0.2) is 35.0 Å². The van der Waals surface area contributed by atoms with E-state index >= 15 is 0 Å². The van der Waals surface area contributed by atoms with E-state index in [2.05, 4.69) is 0 Å². The molecule has 1 unspecified atom stereocenters. The van der Waals surface area contributed by atoms with E-state index in [1.165, 1.54) is 19.1 Å². The molecule has 0 spiro atoms. The van der Waals surface area contributed by atoms with Crippen LogP contribution in [0.1, 0.15) is 45.7 Å². The van der Waals surface area contributed by atoms with Crippen LogP contribution < -0.4 is 0 Å². The van der Waals surface area contributed by atoms with E-state index < -0.39 is 23.8 Å². The van der Waals surface area contributed by atoms with E-state index in [1.807, 2.05) is 27.7 Å². The highest BCUT2D eigenvalue weighted by Crippen LogP contribution is 2.29. The minimum Gasteiger partial charge on any atom is -0.452 e. The third-order valence-corrected chi connectivity index (χ3v) is 3.63. The lowest BCUT2D eigenvalue weighted by atomic mass is 10.1. The van der Waals surface area contributed by atoms with Crippen molar-refractivity contribution in [3.63, 3.8) is 0 Å². The van der Waals surface area contributed by atoms with Gasteiger partial charge in [0.15, 0.2) is 6.10 Å². The zero-order valence-electron chi connectivity index (χ0n) is 15.1. The molecule has 0 aliphatic rings. The van der Waals surface area contributed by atoms with E-state index in [4.69, 9.17) is 4.74 Å². The van der Waals surface area contributed by atoms with Crippen LogP contribution in [0.4, 0.5) is 13.2 Å². The Labute approximate surface area is 146 Å². The Bertz CT molecular complexity index is 604. The third-order valence-electron chi connectivity index (χ3n) is 3.63. The van der Waals surface area contributed by atoms with Gasteiger partial charge in [-0.25, -0.2) is 0 Å². The van der Waals surface area contributed by atoms with Crippen LogP contribution in [0.5, 0.6) is 0 Å². The second-order valence-electron chi connectivity index (χ2n) is 6.44. The van der Waals surface area contributed by atoms with Gasteiger partial charge in [-0.2, -0.15) is 13.2 Å². The summed E-state index contributed by atoms with van der Waals surface area (Å²) in [6.45, 7) is 8.89. The van der Waals surface area contributed by atoms with E-state index in [9.17, 15) is 22.8 Å². The Kier molecular flexibility index (Phi) is 7.02. The molecule has 1 aromatic carbocycles. The molecule has 0 saturated heterocycles. The van der Waals surface area contributed by atoms with E-state index in [-0.39, 0.29) is 30.0 Å². The van der Waals surface area contributed by atoms with Crippen molar-refractivity contribution in [3.8, 4) is 0 Å². The van der Waals surface area contributed by atoms with Crippen molar-refractivity contribution in [2.75, 3.05) is 0 Å². The first-order valence-corrected chi connectivity index (χ1v) is 8.11. The van der Waals surface area contributed by atoms with Crippen LogP contribution in [0.25, 0.3) is 0 Å². The number of esters is 1. The summed E-state index contributed by atoms with van der Waals surface area (Å²) in [5, 5.41) is 0. The normalized spacial score (nSPS) is 13.0. The summed E-state index contributed by atoms with van der Waals surface area (Å²) in [4.78, 5) is 26.0. The SMILES string of the molecule is CC(OC(=O)Cc1cccc(C(F)(F)F)c1)C(=O)N(C(C)C)C(C)C. The van der Waals surface area contributed by atoms with Gasteiger partial charge in [-0.15, -0.1) is 0 Å². The number of benzene rings is 1. The van der Waals surface area contributed by atoms with Gasteiger partial charge in [0, 0.05) is 12.1 Å². The molecule has 1 aromatic rings. The van der Waals surface area contributed by atoms with E-state index in [1.54, 1.807) is 4.90 Å². The zero-order chi connectivity index (χ0) is 19.4. The van der Waals surface area contributed by atoms with Gasteiger partial charge in [0.25, 0.3) is 5.91 Å². The maximum absolute atomic E-state index is 12.7. The molecule has 0 heterocycles. The molecule has 0 fully saturated rings. The lowest BCUT2D eigenvalue weighted by Crippen LogP contribution is -2.47. The minimum atomic E-state index is -4.47. The first-order chi connectivity index (χ1) is 11.4. The number of halogens is 3. The molecule has 0 bridgehead atoms. The predicted octanol–water partition coefficient (Wildman–Crippen LogP) is 3.83. The van der Waals surface area contributed by atoms with Gasteiger partial charge in [-0.05, 0) is 46.2 Å². The number of alkyl halides is 3. The van der Waals surface area contributed by atoms with Crippen LogP contribution in [0.2, 0.25) is 0 Å². The maximum atomic E-state index is 12.7. The molecule has 1 atom stereocenters. The van der Waals surface area contributed by atoms with Crippen molar-refractivity contribution in [2.45, 2.75) is 65.4 Å². The molecule has 0 saturated carbocycles. The molecule has 4 nitrogen and oxygen atoms in total. The number of hydrogen-bond acceptors (Lipinski definition) is 3. The summed E-state index contributed by atoms with van der Waals surface area (Å²) in [5.41, 5.74) is -0.642. The fourth-order valence-corrected chi connectivity index (χ4v) is 2.63. The van der Waals surface area contributed by atoms with Gasteiger partial charge in [0.1, 0.15) is 0 Å².